The van der Waals surface area contributed by atoms with Gasteiger partial charge in [0.2, 0.25) is 0 Å². The third-order valence-electron chi connectivity index (χ3n) is 9.10. The van der Waals surface area contributed by atoms with Crippen LogP contribution in [0.5, 0.6) is 11.5 Å². The summed E-state index contributed by atoms with van der Waals surface area (Å²) in [6.07, 6.45) is 2.91. The van der Waals surface area contributed by atoms with Gasteiger partial charge in [-0.3, -0.25) is 9.05 Å². The van der Waals surface area contributed by atoms with Crippen molar-refractivity contribution in [2.75, 3.05) is 0 Å². The van der Waals surface area contributed by atoms with E-state index in [0.717, 1.165) is 46.2 Å². The van der Waals surface area contributed by atoms with E-state index in [1.807, 2.05) is 0 Å². The first-order chi connectivity index (χ1) is 17.8. The number of fused-ring (bicyclic) bond motifs is 3. The van der Waals surface area contributed by atoms with Gasteiger partial charge in [0.05, 0.1) is 0 Å². The Morgan fingerprint density at radius 3 is 1.64 bits per heavy atom. The highest BCUT2D eigenvalue weighted by Crippen LogP contribution is 2.65. The van der Waals surface area contributed by atoms with Crippen LogP contribution in [-0.4, -0.2) is 6.10 Å². The van der Waals surface area contributed by atoms with Gasteiger partial charge >= 0.3 is 8.17 Å². The van der Waals surface area contributed by atoms with E-state index in [1.165, 1.54) is 17.5 Å². The molecule has 0 unspecified atom stereocenters. The van der Waals surface area contributed by atoms with E-state index in [-0.39, 0.29) is 16.9 Å². The molecule has 5 heteroatoms. The molecule has 1 aliphatic carbocycles. The number of hydrogen-bond acceptors (Lipinski definition) is 4. The van der Waals surface area contributed by atoms with Gasteiger partial charge < -0.3 is 4.89 Å². The largest absolute Gasteiger partial charge is 0.591 e. The lowest BCUT2D eigenvalue weighted by Crippen LogP contribution is -2.38. The normalized spacial score (nSPS) is 23.0. The molecule has 4 rings (SSSR count). The van der Waals surface area contributed by atoms with Gasteiger partial charge in [-0.15, -0.1) is 0 Å². The molecule has 216 valence electrons. The number of phosphoric ester groups is 1. The first-order valence-electron chi connectivity index (χ1n) is 14.8. The molecule has 0 saturated heterocycles. The molecular weight excluding hydrogens is 503 g/mol. The smallest absolute Gasteiger partial charge is 0.473 e. The van der Waals surface area contributed by atoms with E-state index in [2.05, 4.69) is 102 Å². The molecule has 2 aromatic rings. The Morgan fingerprint density at radius 1 is 0.821 bits per heavy atom. The van der Waals surface area contributed by atoms with Gasteiger partial charge in [-0.1, -0.05) is 80.9 Å². The second-order valence-corrected chi connectivity index (χ2v) is 16.2. The fourth-order valence-corrected chi connectivity index (χ4v) is 7.90. The van der Waals surface area contributed by atoms with E-state index < -0.39 is 8.17 Å². The van der Waals surface area contributed by atoms with E-state index in [0.29, 0.717) is 29.3 Å². The van der Waals surface area contributed by atoms with Gasteiger partial charge in [0.25, 0.3) is 0 Å². The summed E-state index contributed by atoms with van der Waals surface area (Å²) >= 11 is 0. The molecule has 1 fully saturated rings. The lowest BCUT2D eigenvalue weighted by molar-refractivity contribution is -0.238. The molecule has 0 radical (unpaired) electrons. The maximum Gasteiger partial charge on any atom is 0.473 e. The Kier molecular flexibility index (Phi) is 8.05. The molecule has 1 aliphatic heterocycles. The highest BCUT2D eigenvalue weighted by Gasteiger charge is 2.50. The first kappa shape index (κ1) is 30.4. The van der Waals surface area contributed by atoms with Crippen molar-refractivity contribution in [1.82, 2.24) is 0 Å². The van der Waals surface area contributed by atoms with Gasteiger partial charge in [-0.05, 0) is 91.4 Å². The molecule has 3 atom stereocenters. The molecule has 0 bridgehead atoms. The SMILES string of the molecule is Cc1cc(C(C)(C)C)c2c(c1C)-c1c(C)c(C)cc(C(C)(C)C)c1O[P+]([O-])(O[C@@H]1C[C@H](C)CC[C@H]1C(C)C)O2. The minimum Gasteiger partial charge on any atom is -0.591 e. The second kappa shape index (κ2) is 10.3. The van der Waals surface area contributed by atoms with Crippen molar-refractivity contribution in [3.8, 4) is 22.6 Å². The lowest BCUT2D eigenvalue weighted by Gasteiger charge is -2.38. The number of hydrogen-bond donors (Lipinski definition) is 0. The zero-order valence-corrected chi connectivity index (χ0v) is 27.6. The fourth-order valence-electron chi connectivity index (χ4n) is 6.38. The van der Waals surface area contributed by atoms with Crippen LogP contribution in [0.4, 0.5) is 0 Å². The number of phosphoric acid groups is 1. The van der Waals surface area contributed by atoms with E-state index in [4.69, 9.17) is 13.6 Å². The summed E-state index contributed by atoms with van der Waals surface area (Å²) in [6.45, 7) is 28.4. The van der Waals surface area contributed by atoms with Crippen LogP contribution in [0, 0.1) is 45.4 Å². The van der Waals surface area contributed by atoms with Crippen molar-refractivity contribution >= 4 is 8.17 Å². The highest BCUT2D eigenvalue weighted by molar-refractivity contribution is 7.54. The minimum atomic E-state index is -4.06. The summed E-state index contributed by atoms with van der Waals surface area (Å²) in [5.41, 5.74) is 8.17. The average molecular weight is 555 g/mol. The molecule has 2 aliphatic rings. The summed E-state index contributed by atoms with van der Waals surface area (Å²) in [6, 6.07) is 4.39. The highest BCUT2D eigenvalue weighted by atomic mass is 31.2. The van der Waals surface area contributed by atoms with Crippen molar-refractivity contribution in [3.05, 3.63) is 45.5 Å². The van der Waals surface area contributed by atoms with Crippen molar-refractivity contribution in [1.29, 1.82) is 0 Å². The Balaban J connectivity index is 2.05. The molecule has 4 nitrogen and oxygen atoms in total. The number of rotatable bonds is 3. The Morgan fingerprint density at radius 2 is 1.26 bits per heavy atom. The summed E-state index contributed by atoms with van der Waals surface area (Å²) in [5, 5.41) is 0. The number of aryl methyl sites for hydroxylation is 2. The fraction of sp³-hybridized carbons (Fsp3) is 0.647. The van der Waals surface area contributed by atoms with Gasteiger partial charge in [0.1, 0.15) is 6.10 Å². The summed E-state index contributed by atoms with van der Waals surface area (Å²) in [7, 11) is -4.06. The van der Waals surface area contributed by atoms with Crippen molar-refractivity contribution in [3.63, 3.8) is 0 Å². The van der Waals surface area contributed by atoms with Crippen LogP contribution in [0.15, 0.2) is 12.1 Å². The molecular formula is C34H51O4P. The summed E-state index contributed by atoms with van der Waals surface area (Å²) in [5.74, 6) is 2.53. The standard InChI is InChI=1S/C34H51O4P/c1-19(2)25-15-14-20(3)16-28(25)36-39(35)37-31-26(33(8,9)10)17-21(4)23(6)29(31)30-24(7)22(5)18-27(32(30)38-39)34(11,12)13/h17-20,25,28H,14-16H2,1-13H3/t20-,25+,28-/m1/s1. The molecule has 0 N–H and O–H groups in total. The quantitative estimate of drug-likeness (QED) is 0.355. The Labute approximate surface area is 238 Å². The number of benzene rings is 2. The molecule has 39 heavy (non-hydrogen) atoms. The van der Waals surface area contributed by atoms with Crippen LogP contribution in [0.1, 0.15) is 115 Å². The molecule has 1 heterocycles. The van der Waals surface area contributed by atoms with Crippen LogP contribution in [0.25, 0.3) is 11.1 Å². The average Bonchev–Trinajstić information content (AvgIpc) is 2.91. The molecule has 0 aromatic heterocycles. The van der Waals surface area contributed by atoms with Gasteiger partial charge in [-0.2, -0.15) is 4.52 Å². The minimum absolute atomic E-state index is 0.182. The van der Waals surface area contributed by atoms with Crippen LogP contribution in [0.3, 0.4) is 0 Å². The zero-order valence-electron chi connectivity index (χ0n) is 26.7. The maximum atomic E-state index is 15.0. The van der Waals surface area contributed by atoms with E-state index in [9.17, 15) is 0 Å². The van der Waals surface area contributed by atoms with Gasteiger partial charge in [0.15, 0.2) is 11.5 Å². The van der Waals surface area contributed by atoms with Crippen molar-refractivity contribution in [2.45, 2.75) is 126 Å². The van der Waals surface area contributed by atoms with Crippen LogP contribution >= 0.6 is 8.17 Å². The van der Waals surface area contributed by atoms with Gasteiger partial charge in [0, 0.05) is 22.3 Å². The monoisotopic (exact) mass is 554 g/mol. The summed E-state index contributed by atoms with van der Waals surface area (Å²) in [4.78, 5) is 15.0. The van der Waals surface area contributed by atoms with Crippen LogP contribution in [0.2, 0.25) is 0 Å². The summed E-state index contributed by atoms with van der Waals surface area (Å²) < 4.78 is 20.0. The molecule has 0 spiro atoms. The van der Waals surface area contributed by atoms with Gasteiger partial charge in [-0.25, -0.2) is 0 Å². The predicted octanol–water partition coefficient (Wildman–Crippen LogP) is 9.47. The zero-order chi connectivity index (χ0) is 29.2. The molecule has 0 amide bonds. The van der Waals surface area contributed by atoms with Crippen molar-refractivity contribution < 1.29 is 18.5 Å². The first-order valence-corrected chi connectivity index (χ1v) is 16.3. The lowest BCUT2D eigenvalue weighted by atomic mass is 9.75. The Hall–Kier alpha value is -1.61. The predicted molar refractivity (Wildman–Crippen MR) is 163 cm³/mol. The molecule has 1 saturated carbocycles. The third-order valence-corrected chi connectivity index (χ3v) is 10.4. The third kappa shape index (κ3) is 5.77. The molecule has 2 aromatic carbocycles. The maximum absolute atomic E-state index is 15.0. The van der Waals surface area contributed by atoms with Crippen LogP contribution < -0.4 is 13.9 Å². The van der Waals surface area contributed by atoms with Crippen molar-refractivity contribution in [2.24, 2.45) is 17.8 Å². The topological polar surface area (TPSA) is 50.8 Å². The second-order valence-electron chi connectivity index (χ2n) is 14.7. The Bertz CT molecular complexity index is 1170. The van der Waals surface area contributed by atoms with Crippen LogP contribution in [-0.2, 0) is 15.4 Å². The van der Waals surface area contributed by atoms with E-state index in [1.54, 1.807) is 0 Å². The van der Waals surface area contributed by atoms with E-state index >= 15 is 4.89 Å².